The molecule has 0 atom stereocenters. The first kappa shape index (κ1) is 15.8. The molecule has 118 valence electrons. The monoisotopic (exact) mass is 305 g/mol. The molecule has 0 spiro atoms. The van der Waals surface area contributed by atoms with E-state index in [1.165, 1.54) is 14.2 Å². The van der Waals surface area contributed by atoms with Crippen LogP contribution < -0.4 is 14.8 Å². The van der Waals surface area contributed by atoms with Gasteiger partial charge in [-0.15, -0.1) is 10.2 Å². The fourth-order valence-electron chi connectivity index (χ4n) is 1.89. The summed E-state index contributed by atoms with van der Waals surface area (Å²) < 4.78 is 15.9. The quantitative estimate of drug-likeness (QED) is 0.880. The number of hydrogen-bond donors (Lipinski definition) is 1. The van der Waals surface area contributed by atoms with Gasteiger partial charge in [0.2, 0.25) is 11.8 Å². The van der Waals surface area contributed by atoms with Crippen LogP contribution in [0, 0.1) is 0 Å². The fraction of sp³-hybridized carbons (Fsp3) is 0.400. The Morgan fingerprint density at radius 1 is 1.23 bits per heavy atom. The molecule has 2 aromatic rings. The number of nitrogens with one attached hydrogen (secondary N) is 1. The molecule has 1 aromatic carbocycles. The molecule has 1 heterocycles. The number of rotatable bonds is 6. The summed E-state index contributed by atoms with van der Waals surface area (Å²) in [4.78, 5) is 12.4. The first-order valence-corrected chi connectivity index (χ1v) is 6.88. The third-order valence-electron chi connectivity index (χ3n) is 3.03. The zero-order chi connectivity index (χ0) is 16.1. The largest absolute Gasteiger partial charge is 0.496 e. The van der Waals surface area contributed by atoms with E-state index in [0.29, 0.717) is 28.8 Å². The lowest BCUT2D eigenvalue weighted by Crippen LogP contribution is -2.24. The molecular formula is C15H19N3O4. The van der Waals surface area contributed by atoms with Gasteiger partial charge in [0, 0.05) is 5.92 Å². The van der Waals surface area contributed by atoms with Crippen LogP contribution in [-0.4, -0.2) is 30.3 Å². The molecule has 2 rings (SSSR count). The van der Waals surface area contributed by atoms with Gasteiger partial charge in [-0.3, -0.25) is 4.79 Å². The van der Waals surface area contributed by atoms with Crippen LogP contribution >= 0.6 is 0 Å². The number of aromatic nitrogens is 2. The van der Waals surface area contributed by atoms with Crippen molar-refractivity contribution in [2.75, 3.05) is 14.2 Å². The van der Waals surface area contributed by atoms with Crippen LogP contribution in [0.2, 0.25) is 0 Å². The number of carbonyl (C=O) groups is 1. The predicted octanol–water partition coefficient (Wildman–Crippen LogP) is 2.14. The third-order valence-corrected chi connectivity index (χ3v) is 3.03. The van der Waals surface area contributed by atoms with E-state index in [-0.39, 0.29) is 18.4 Å². The van der Waals surface area contributed by atoms with Crippen molar-refractivity contribution in [3.05, 3.63) is 35.5 Å². The van der Waals surface area contributed by atoms with E-state index >= 15 is 0 Å². The van der Waals surface area contributed by atoms with Gasteiger partial charge >= 0.3 is 0 Å². The van der Waals surface area contributed by atoms with Gasteiger partial charge in [-0.2, -0.15) is 0 Å². The molecule has 0 saturated heterocycles. The minimum absolute atomic E-state index is 0.139. The fourth-order valence-corrected chi connectivity index (χ4v) is 1.89. The van der Waals surface area contributed by atoms with Crippen molar-refractivity contribution >= 4 is 5.91 Å². The van der Waals surface area contributed by atoms with E-state index in [2.05, 4.69) is 15.5 Å². The molecule has 0 unspecified atom stereocenters. The number of hydrogen-bond acceptors (Lipinski definition) is 6. The number of methoxy groups -OCH3 is 2. The molecule has 7 heteroatoms. The number of amides is 1. The molecular weight excluding hydrogens is 286 g/mol. The zero-order valence-corrected chi connectivity index (χ0v) is 13.0. The van der Waals surface area contributed by atoms with Gasteiger partial charge in [-0.05, 0) is 12.1 Å². The highest BCUT2D eigenvalue weighted by Gasteiger charge is 2.19. The van der Waals surface area contributed by atoms with Crippen molar-refractivity contribution in [2.45, 2.75) is 26.3 Å². The molecule has 0 saturated carbocycles. The average Bonchev–Trinajstić information content (AvgIpc) is 3.00. The summed E-state index contributed by atoms with van der Waals surface area (Å²) in [5.41, 5.74) is 0.330. The lowest BCUT2D eigenvalue weighted by Gasteiger charge is -2.12. The molecule has 0 aliphatic carbocycles. The van der Waals surface area contributed by atoms with E-state index < -0.39 is 0 Å². The van der Waals surface area contributed by atoms with Crippen molar-refractivity contribution < 1.29 is 18.7 Å². The minimum Gasteiger partial charge on any atom is -0.496 e. The molecule has 1 N–H and O–H groups in total. The van der Waals surface area contributed by atoms with Gasteiger partial charge in [0.05, 0.1) is 20.8 Å². The second-order valence-electron chi connectivity index (χ2n) is 4.91. The van der Waals surface area contributed by atoms with Crippen LogP contribution in [0.4, 0.5) is 0 Å². The van der Waals surface area contributed by atoms with Crippen LogP contribution in [-0.2, 0) is 6.54 Å². The van der Waals surface area contributed by atoms with E-state index in [9.17, 15) is 4.79 Å². The van der Waals surface area contributed by atoms with Crippen LogP contribution in [0.25, 0.3) is 0 Å². The van der Waals surface area contributed by atoms with Gasteiger partial charge in [0.15, 0.2) is 0 Å². The SMILES string of the molecule is COc1cccc(OC)c1C(=O)NCc1nnc(C(C)C)o1. The van der Waals surface area contributed by atoms with Crippen molar-refractivity contribution in [3.8, 4) is 11.5 Å². The van der Waals surface area contributed by atoms with Gasteiger partial charge in [0.1, 0.15) is 17.1 Å². The lowest BCUT2D eigenvalue weighted by atomic mass is 10.1. The number of nitrogens with zero attached hydrogens (tertiary/aromatic N) is 2. The molecule has 0 fully saturated rings. The van der Waals surface area contributed by atoms with E-state index in [4.69, 9.17) is 13.9 Å². The molecule has 0 bridgehead atoms. The van der Waals surface area contributed by atoms with E-state index in [0.717, 1.165) is 0 Å². The van der Waals surface area contributed by atoms with Gasteiger partial charge in [-0.25, -0.2) is 0 Å². The summed E-state index contributed by atoms with van der Waals surface area (Å²) in [5.74, 6) is 1.57. The first-order valence-electron chi connectivity index (χ1n) is 6.88. The van der Waals surface area contributed by atoms with Crippen molar-refractivity contribution in [1.82, 2.24) is 15.5 Å². The molecule has 22 heavy (non-hydrogen) atoms. The highest BCUT2D eigenvalue weighted by atomic mass is 16.5. The van der Waals surface area contributed by atoms with Crippen LogP contribution in [0.3, 0.4) is 0 Å². The predicted molar refractivity (Wildman–Crippen MR) is 79.1 cm³/mol. The molecule has 7 nitrogen and oxygen atoms in total. The maximum atomic E-state index is 12.4. The maximum absolute atomic E-state index is 12.4. The Bertz CT molecular complexity index is 630. The lowest BCUT2D eigenvalue weighted by molar-refractivity contribution is 0.0940. The Labute approximate surface area is 128 Å². The van der Waals surface area contributed by atoms with Gasteiger partial charge < -0.3 is 19.2 Å². The van der Waals surface area contributed by atoms with Crippen molar-refractivity contribution in [1.29, 1.82) is 0 Å². The Morgan fingerprint density at radius 2 is 1.86 bits per heavy atom. The standard InChI is InChI=1S/C15H19N3O4/c1-9(2)15-18-17-12(22-15)8-16-14(19)13-10(20-3)6-5-7-11(13)21-4/h5-7,9H,8H2,1-4H3,(H,16,19). The zero-order valence-electron chi connectivity index (χ0n) is 13.0. The Morgan fingerprint density at radius 3 is 2.36 bits per heavy atom. The van der Waals surface area contributed by atoms with Crippen LogP contribution in [0.15, 0.2) is 22.6 Å². The summed E-state index contributed by atoms with van der Waals surface area (Å²) in [6.07, 6.45) is 0. The Kier molecular flexibility index (Phi) is 4.98. The smallest absolute Gasteiger partial charge is 0.259 e. The first-order chi connectivity index (χ1) is 10.6. The summed E-state index contributed by atoms with van der Waals surface area (Å²) in [6.45, 7) is 4.05. The summed E-state index contributed by atoms with van der Waals surface area (Å²) in [5, 5.41) is 10.5. The number of carbonyl (C=O) groups excluding carboxylic acids is 1. The topological polar surface area (TPSA) is 86.5 Å². The summed E-state index contributed by atoms with van der Waals surface area (Å²) in [6, 6.07) is 5.14. The van der Waals surface area contributed by atoms with Crippen molar-refractivity contribution in [3.63, 3.8) is 0 Å². The second kappa shape index (κ2) is 6.93. The summed E-state index contributed by atoms with van der Waals surface area (Å²) >= 11 is 0. The van der Waals surface area contributed by atoms with E-state index in [1.807, 2.05) is 13.8 Å². The van der Waals surface area contributed by atoms with Gasteiger partial charge in [-0.1, -0.05) is 19.9 Å². The molecule has 0 aliphatic heterocycles. The minimum atomic E-state index is -0.335. The van der Waals surface area contributed by atoms with E-state index in [1.54, 1.807) is 18.2 Å². The van der Waals surface area contributed by atoms with Crippen LogP contribution in [0.1, 0.15) is 41.9 Å². The van der Waals surface area contributed by atoms with Gasteiger partial charge in [0.25, 0.3) is 5.91 Å². The molecule has 1 amide bonds. The molecule has 0 aliphatic rings. The Hall–Kier alpha value is -2.57. The summed E-state index contributed by atoms with van der Waals surface area (Å²) in [7, 11) is 3.00. The van der Waals surface area contributed by atoms with Crippen molar-refractivity contribution in [2.24, 2.45) is 0 Å². The highest BCUT2D eigenvalue weighted by molar-refractivity contribution is 5.99. The number of ether oxygens (including phenoxy) is 2. The maximum Gasteiger partial charge on any atom is 0.259 e. The normalized spacial score (nSPS) is 10.6. The number of benzene rings is 1. The Balaban J connectivity index is 2.12. The van der Waals surface area contributed by atoms with Crippen LogP contribution in [0.5, 0.6) is 11.5 Å². The molecule has 0 radical (unpaired) electrons. The highest BCUT2D eigenvalue weighted by Crippen LogP contribution is 2.28. The second-order valence-corrected chi connectivity index (χ2v) is 4.91. The third kappa shape index (κ3) is 3.36. The molecule has 1 aromatic heterocycles. The average molecular weight is 305 g/mol.